The molecule has 0 bridgehead atoms. The Balaban J connectivity index is 2.11. The zero-order chi connectivity index (χ0) is 11.9. The fourth-order valence-corrected chi connectivity index (χ4v) is 1.58. The van der Waals surface area contributed by atoms with Crippen LogP contribution in [-0.2, 0) is 0 Å². The highest BCUT2D eigenvalue weighted by Gasteiger charge is 1.93. The monoisotopic (exact) mass is 224 g/mol. The predicted octanol–water partition coefficient (Wildman–Crippen LogP) is 3.95. The van der Waals surface area contributed by atoms with E-state index in [2.05, 4.69) is 21.1 Å². The minimum absolute atomic E-state index is 0.494. The van der Waals surface area contributed by atoms with Gasteiger partial charge in [-0.2, -0.15) is 0 Å². The molecule has 4 nitrogen and oxygen atoms in total. The number of para-hydroxylation sites is 1. The second kappa shape index (κ2) is 5.68. The minimum atomic E-state index is 0.494. The molecule has 0 aliphatic carbocycles. The van der Waals surface area contributed by atoms with Crippen molar-refractivity contribution in [2.45, 2.75) is 6.42 Å². The predicted molar refractivity (Wildman–Crippen MR) is 69.4 cm³/mol. The van der Waals surface area contributed by atoms with Crippen LogP contribution in [0.1, 0.15) is 12.0 Å². The first-order chi connectivity index (χ1) is 8.40. The SMILES string of the molecule is [N-]=[N+]=NCCC=Cc1cnc2ccccc2c1. The lowest BCUT2D eigenvalue weighted by atomic mass is 10.1. The van der Waals surface area contributed by atoms with Crippen LogP contribution in [0.3, 0.4) is 0 Å². The molecule has 0 atom stereocenters. The number of hydrogen-bond acceptors (Lipinski definition) is 2. The number of rotatable bonds is 4. The molecular weight excluding hydrogens is 212 g/mol. The molecule has 0 aliphatic rings. The van der Waals surface area contributed by atoms with Crippen LogP contribution in [0.15, 0.2) is 47.7 Å². The lowest BCUT2D eigenvalue weighted by molar-refractivity contribution is 0.995. The van der Waals surface area contributed by atoms with Gasteiger partial charge in [-0.3, -0.25) is 4.98 Å². The lowest BCUT2D eigenvalue weighted by Gasteiger charge is -1.97. The van der Waals surface area contributed by atoms with Crippen LogP contribution in [0.25, 0.3) is 27.4 Å². The van der Waals surface area contributed by atoms with Gasteiger partial charge in [-0.25, -0.2) is 0 Å². The largest absolute Gasteiger partial charge is 0.256 e. The Hall–Kier alpha value is -2.32. The van der Waals surface area contributed by atoms with E-state index in [1.807, 2.05) is 42.6 Å². The number of azide groups is 1. The zero-order valence-corrected chi connectivity index (χ0v) is 9.32. The first-order valence-corrected chi connectivity index (χ1v) is 5.42. The molecular formula is C13H12N4. The molecule has 0 N–H and O–H groups in total. The summed E-state index contributed by atoms with van der Waals surface area (Å²) >= 11 is 0. The van der Waals surface area contributed by atoms with E-state index in [1.165, 1.54) is 0 Å². The van der Waals surface area contributed by atoms with E-state index in [4.69, 9.17) is 5.53 Å². The molecule has 0 saturated carbocycles. The van der Waals surface area contributed by atoms with Gasteiger partial charge in [0.15, 0.2) is 0 Å². The topological polar surface area (TPSA) is 61.7 Å². The van der Waals surface area contributed by atoms with Crippen LogP contribution in [0.5, 0.6) is 0 Å². The average Bonchev–Trinajstić information content (AvgIpc) is 2.38. The third-order valence-electron chi connectivity index (χ3n) is 2.38. The van der Waals surface area contributed by atoms with Crippen molar-refractivity contribution in [1.82, 2.24) is 4.98 Å². The first kappa shape index (κ1) is 11.2. The van der Waals surface area contributed by atoms with E-state index in [-0.39, 0.29) is 0 Å². The van der Waals surface area contributed by atoms with Crippen molar-refractivity contribution in [3.8, 4) is 0 Å². The summed E-state index contributed by atoms with van der Waals surface area (Å²) in [5.41, 5.74) is 10.2. The Bertz CT molecular complexity index is 583. The Labute approximate surface area is 99.2 Å². The molecule has 17 heavy (non-hydrogen) atoms. The van der Waals surface area contributed by atoms with Gasteiger partial charge in [0.1, 0.15) is 0 Å². The zero-order valence-electron chi connectivity index (χ0n) is 9.32. The molecule has 1 heterocycles. The van der Waals surface area contributed by atoms with Crippen LogP contribution < -0.4 is 0 Å². The van der Waals surface area contributed by atoms with Crippen molar-refractivity contribution in [3.05, 3.63) is 58.6 Å². The van der Waals surface area contributed by atoms with Crippen LogP contribution >= 0.6 is 0 Å². The summed E-state index contributed by atoms with van der Waals surface area (Å²) in [6.07, 6.45) is 6.57. The summed E-state index contributed by atoms with van der Waals surface area (Å²) in [4.78, 5) is 7.06. The van der Waals surface area contributed by atoms with Gasteiger partial charge in [0.25, 0.3) is 0 Å². The summed E-state index contributed by atoms with van der Waals surface area (Å²) in [5, 5.41) is 4.60. The van der Waals surface area contributed by atoms with Crippen molar-refractivity contribution in [3.63, 3.8) is 0 Å². The summed E-state index contributed by atoms with van der Waals surface area (Å²) in [7, 11) is 0. The Morgan fingerprint density at radius 2 is 2.24 bits per heavy atom. The maximum absolute atomic E-state index is 8.13. The molecule has 2 rings (SSSR count). The lowest BCUT2D eigenvalue weighted by Crippen LogP contribution is -1.80. The van der Waals surface area contributed by atoms with E-state index < -0.39 is 0 Å². The van der Waals surface area contributed by atoms with Crippen molar-refractivity contribution in [2.75, 3.05) is 6.54 Å². The van der Waals surface area contributed by atoms with E-state index >= 15 is 0 Å². The van der Waals surface area contributed by atoms with Crippen LogP contribution in [0, 0.1) is 0 Å². The van der Waals surface area contributed by atoms with E-state index in [1.54, 1.807) is 0 Å². The summed E-state index contributed by atoms with van der Waals surface area (Å²) in [6.45, 7) is 0.494. The minimum Gasteiger partial charge on any atom is -0.256 e. The number of benzene rings is 1. The molecule has 0 amide bonds. The molecule has 84 valence electrons. The molecule has 0 fully saturated rings. The van der Waals surface area contributed by atoms with Crippen molar-refractivity contribution in [1.29, 1.82) is 0 Å². The summed E-state index contributed by atoms with van der Waals surface area (Å²) in [5.74, 6) is 0. The molecule has 2 aromatic rings. The molecule has 0 radical (unpaired) electrons. The maximum Gasteiger partial charge on any atom is 0.0702 e. The van der Waals surface area contributed by atoms with Crippen LogP contribution in [0.2, 0.25) is 0 Å². The highest BCUT2D eigenvalue weighted by Crippen LogP contribution is 2.13. The van der Waals surface area contributed by atoms with Crippen molar-refractivity contribution in [2.24, 2.45) is 5.11 Å². The van der Waals surface area contributed by atoms with Crippen LogP contribution in [-0.4, -0.2) is 11.5 Å². The third kappa shape index (κ3) is 3.06. The molecule has 4 heteroatoms. The van der Waals surface area contributed by atoms with Gasteiger partial charge >= 0.3 is 0 Å². The van der Waals surface area contributed by atoms with Gasteiger partial charge in [-0.1, -0.05) is 35.5 Å². The Kier molecular flexibility index (Phi) is 3.73. The highest BCUT2D eigenvalue weighted by molar-refractivity contribution is 5.80. The van der Waals surface area contributed by atoms with E-state index in [9.17, 15) is 0 Å². The molecule has 0 unspecified atom stereocenters. The van der Waals surface area contributed by atoms with Gasteiger partial charge in [0, 0.05) is 23.0 Å². The molecule has 1 aromatic heterocycles. The third-order valence-corrected chi connectivity index (χ3v) is 2.38. The van der Waals surface area contributed by atoms with E-state index in [0.717, 1.165) is 22.9 Å². The number of fused-ring (bicyclic) bond motifs is 1. The first-order valence-electron chi connectivity index (χ1n) is 5.42. The molecule has 0 spiro atoms. The van der Waals surface area contributed by atoms with Crippen molar-refractivity contribution < 1.29 is 0 Å². The van der Waals surface area contributed by atoms with Gasteiger partial charge < -0.3 is 0 Å². The van der Waals surface area contributed by atoms with E-state index in [0.29, 0.717) is 6.54 Å². The maximum atomic E-state index is 8.13. The smallest absolute Gasteiger partial charge is 0.0702 e. The quantitative estimate of drug-likeness (QED) is 0.335. The van der Waals surface area contributed by atoms with Gasteiger partial charge in [-0.15, -0.1) is 0 Å². The molecule has 1 aromatic carbocycles. The highest BCUT2D eigenvalue weighted by atomic mass is 15.1. The molecule has 0 saturated heterocycles. The molecule has 0 aliphatic heterocycles. The Morgan fingerprint density at radius 1 is 1.35 bits per heavy atom. The van der Waals surface area contributed by atoms with Gasteiger partial charge in [0.05, 0.1) is 5.52 Å². The number of aromatic nitrogens is 1. The second-order valence-electron chi connectivity index (χ2n) is 3.61. The standard InChI is InChI=1S/C13H12N4/c14-17-16-8-4-3-5-11-9-12-6-1-2-7-13(12)15-10-11/h1-3,5-7,9-10H,4,8H2. The van der Waals surface area contributed by atoms with Crippen molar-refractivity contribution >= 4 is 17.0 Å². The van der Waals surface area contributed by atoms with Crippen LogP contribution in [0.4, 0.5) is 0 Å². The Morgan fingerprint density at radius 3 is 3.12 bits per heavy atom. The number of hydrogen-bond donors (Lipinski definition) is 0. The fraction of sp³-hybridized carbons (Fsp3) is 0.154. The summed E-state index contributed by atoms with van der Waals surface area (Å²) < 4.78 is 0. The van der Waals surface area contributed by atoms with Gasteiger partial charge in [-0.05, 0) is 29.6 Å². The summed E-state index contributed by atoms with van der Waals surface area (Å²) in [6, 6.07) is 10.1. The fourth-order valence-electron chi connectivity index (χ4n) is 1.58. The normalized spacial score (nSPS) is 10.6. The van der Waals surface area contributed by atoms with Gasteiger partial charge in [0.2, 0.25) is 0 Å². The second-order valence-corrected chi connectivity index (χ2v) is 3.61. The number of nitrogens with zero attached hydrogens (tertiary/aromatic N) is 4. The number of pyridine rings is 1. The average molecular weight is 224 g/mol.